The predicted octanol–water partition coefficient (Wildman–Crippen LogP) is 5.21. The fourth-order valence-corrected chi connectivity index (χ4v) is 2.15. The maximum Gasteiger partial charge on any atom is 0.0859 e. The van der Waals surface area contributed by atoms with Crippen molar-refractivity contribution in [2.45, 2.75) is 93.0 Å². The molecular formula is C17H35N3. The van der Waals surface area contributed by atoms with E-state index in [2.05, 4.69) is 49.6 Å². The summed E-state index contributed by atoms with van der Waals surface area (Å²) in [5, 5.41) is 8.54. The first-order chi connectivity index (χ1) is 9.52. The summed E-state index contributed by atoms with van der Waals surface area (Å²) in [6.07, 6.45) is 7.59. The van der Waals surface area contributed by atoms with E-state index in [1.165, 1.54) is 43.5 Å². The molecule has 0 amide bonds. The zero-order valence-electron chi connectivity index (χ0n) is 14.7. The second kappa shape index (κ2) is 10.9. The Morgan fingerprint density at radius 3 is 1.85 bits per heavy atom. The first-order valence-electron chi connectivity index (χ1n) is 8.45. The van der Waals surface area contributed by atoms with Gasteiger partial charge in [0.2, 0.25) is 0 Å². The summed E-state index contributed by atoms with van der Waals surface area (Å²) in [7, 11) is 0. The van der Waals surface area contributed by atoms with Gasteiger partial charge in [-0.15, -0.1) is 5.10 Å². The number of hydrogen-bond acceptors (Lipinski definition) is 2. The van der Waals surface area contributed by atoms with E-state index in [1.807, 2.05) is 13.8 Å². The second-order valence-corrected chi connectivity index (χ2v) is 6.17. The first kappa shape index (κ1) is 19.1. The number of nitrogens with zero attached hydrogens (tertiary/aromatic N) is 3. The van der Waals surface area contributed by atoms with Gasteiger partial charge < -0.3 is 0 Å². The summed E-state index contributed by atoms with van der Waals surface area (Å²) in [5.74, 6) is 0.833. The van der Waals surface area contributed by atoms with E-state index in [4.69, 9.17) is 0 Å². The van der Waals surface area contributed by atoms with Crippen LogP contribution in [0, 0.1) is 5.92 Å². The van der Waals surface area contributed by atoms with E-state index in [0.29, 0.717) is 6.04 Å². The lowest BCUT2D eigenvalue weighted by Crippen LogP contribution is -2.09. The molecule has 0 saturated carbocycles. The molecule has 1 aliphatic rings. The quantitative estimate of drug-likeness (QED) is 0.707. The topological polar surface area (TPSA) is 30.7 Å². The van der Waals surface area contributed by atoms with Gasteiger partial charge in [-0.25, -0.2) is 4.68 Å². The van der Waals surface area contributed by atoms with E-state index in [9.17, 15) is 0 Å². The van der Waals surface area contributed by atoms with Gasteiger partial charge in [0.1, 0.15) is 0 Å². The van der Waals surface area contributed by atoms with E-state index in [-0.39, 0.29) is 0 Å². The van der Waals surface area contributed by atoms with Crippen LogP contribution in [0.4, 0.5) is 0 Å². The minimum atomic E-state index is 0.450. The molecule has 3 heteroatoms. The van der Waals surface area contributed by atoms with E-state index in [1.54, 1.807) is 0 Å². The summed E-state index contributed by atoms with van der Waals surface area (Å²) < 4.78 is 2.10. The molecule has 0 bridgehead atoms. The number of hydrogen-bond donors (Lipinski definition) is 0. The molecule has 0 radical (unpaired) electrons. The van der Waals surface area contributed by atoms with Gasteiger partial charge in [0.05, 0.1) is 11.4 Å². The minimum absolute atomic E-state index is 0.450. The van der Waals surface area contributed by atoms with Crippen molar-refractivity contribution >= 4 is 0 Å². The number of aromatic nitrogens is 3. The van der Waals surface area contributed by atoms with Gasteiger partial charge in [0.25, 0.3) is 0 Å². The Kier molecular flexibility index (Phi) is 10.4. The molecule has 0 aliphatic heterocycles. The fraction of sp³-hybridized carbons (Fsp3) is 0.882. The summed E-state index contributed by atoms with van der Waals surface area (Å²) in [6, 6.07) is 0.450. The molecule has 20 heavy (non-hydrogen) atoms. The molecule has 0 spiro atoms. The molecule has 1 aromatic rings. The SMILES string of the molecule is CC.CC(C)C.CC(C)n1nnc2c1CCCCCC2. The Bertz CT molecular complexity index is 337. The lowest BCUT2D eigenvalue weighted by Gasteiger charge is -2.12. The molecule has 1 aromatic heterocycles. The third kappa shape index (κ3) is 7.06. The fourth-order valence-electron chi connectivity index (χ4n) is 2.15. The highest BCUT2D eigenvalue weighted by Crippen LogP contribution is 2.20. The number of aryl methyl sites for hydroxylation is 1. The van der Waals surface area contributed by atoms with Crippen LogP contribution in [0.25, 0.3) is 0 Å². The molecule has 2 rings (SSSR count). The van der Waals surface area contributed by atoms with Crippen molar-refractivity contribution in [1.82, 2.24) is 15.0 Å². The van der Waals surface area contributed by atoms with Crippen LogP contribution in [0.2, 0.25) is 0 Å². The number of rotatable bonds is 1. The highest BCUT2D eigenvalue weighted by molar-refractivity contribution is 5.12. The summed E-state index contributed by atoms with van der Waals surface area (Å²) >= 11 is 0. The largest absolute Gasteiger partial charge is 0.247 e. The zero-order valence-corrected chi connectivity index (χ0v) is 14.7. The maximum atomic E-state index is 4.29. The molecule has 0 saturated heterocycles. The monoisotopic (exact) mass is 281 g/mol. The van der Waals surface area contributed by atoms with Crippen molar-refractivity contribution in [3.05, 3.63) is 11.4 Å². The Hall–Kier alpha value is -0.860. The van der Waals surface area contributed by atoms with Gasteiger partial charge in [-0.2, -0.15) is 0 Å². The Morgan fingerprint density at radius 1 is 0.850 bits per heavy atom. The molecule has 3 nitrogen and oxygen atoms in total. The van der Waals surface area contributed by atoms with Gasteiger partial charge in [-0.05, 0) is 45.4 Å². The van der Waals surface area contributed by atoms with Gasteiger partial charge in [0, 0.05) is 6.04 Å². The Morgan fingerprint density at radius 2 is 1.35 bits per heavy atom. The number of fused-ring (bicyclic) bond motifs is 1. The van der Waals surface area contributed by atoms with Crippen LogP contribution in [-0.4, -0.2) is 15.0 Å². The normalized spacial score (nSPS) is 14.4. The first-order valence-corrected chi connectivity index (χ1v) is 8.45. The van der Waals surface area contributed by atoms with Crippen molar-refractivity contribution in [2.75, 3.05) is 0 Å². The molecule has 0 unspecified atom stereocenters. The smallest absolute Gasteiger partial charge is 0.0859 e. The molecule has 0 fully saturated rings. The minimum Gasteiger partial charge on any atom is -0.247 e. The van der Waals surface area contributed by atoms with Gasteiger partial charge in [0.15, 0.2) is 0 Å². The van der Waals surface area contributed by atoms with Gasteiger partial charge >= 0.3 is 0 Å². The van der Waals surface area contributed by atoms with Crippen molar-refractivity contribution in [3.8, 4) is 0 Å². The Labute approximate surface area is 126 Å². The van der Waals surface area contributed by atoms with Crippen molar-refractivity contribution in [2.24, 2.45) is 5.92 Å². The van der Waals surface area contributed by atoms with E-state index < -0.39 is 0 Å². The van der Waals surface area contributed by atoms with Crippen LogP contribution in [-0.2, 0) is 12.8 Å². The average Bonchev–Trinajstić information content (AvgIpc) is 2.73. The zero-order chi connectivity index (χ0) is 15.5. The van der Waals surface area contributed by atoms with E-state index in [0.717, 1.165) is 12.3 Å². The summed E-state index contributed by atoms with van der Waals surface area (Å²) in [6.45, 7) is 14.8. The summed E-state index contributed by atoms with van der Waals surface area (Å²) in [4.78, 5) is 0. The lowest BCUT2D eigenvalue weighted by molar-refractivity contribution is 0.485. The summed E-state index contributed by atoms with van der Waals surface area (Å²) in [5.41, 5.74) is 2.64. The van der Waals surface area contributed by atoms with Crippen molar-refractivity contribution in [3.63, 3.8) is 0 Å². The highest BCUT2D eigenvalue weighted by Gasteiger charge is 2.15. The predicted molar refractivity (Wildman–Crippen MR) is 88.1 cm³/mol. The molecule has 0 atom stereocenters. The third-order valence-electron chi connectivity index (χ3n) is 2.94. The van der Waals surface area contributed by atoms with Crippen molar-refractivity contribution < 1.29 is 0 Å². The van der Waals surface area contributed by atoms with Gasteiger partial charge in [-0.3, -0.25) is 0 Å². The average molecular weight is 281 g/mol. The molecular weight excluding hydrogens is 246 g/mol. The standard InChI is InChI=1S/C11H19N3.C4H10.C2H6/c1-9(2)14-11-8-6-4-3-5-7-10(11)12-13-14;1-4(2)3;1-2/h9H,3-8H2,1-2H3;4H,1-3H3;1-2H3. The van der Waals surface area contributed by atoms with Crippen LogP contribution >= 0.6 is 0 Å². The van der Waals surface area contributed by atoms with E-state index >= 15 is 0 Å². The maximum absolute atomic E-state index is 4.29. The van der Waals surface area contributed by atoms with Crippen molar-refractivity contribution in [1.29, 1.82) is 0 Å². The van der Waals surface area contributed by atoms with Gasteiger partial charge in [-0.1, -0.05) is 52.7 Å². The lowest BCUT2D eigenvalue weighted by atomic mass is 10.0. The molecule has 1 aliphatic carbocycles. The molecule has 0 aromatic carbocycles. The van der Waals surface area contributed by atoms with Crippen LogP contribution in [0.15, 0.2) is 0 Å². The Balaban J connectivity index is 0.000000521. The highest BCUT2D eigenvalue weighted by atomic mass is 15.4. The third-order valence-corrected chi connectivity index (χ3v) is 2.94. The molecule has 0 N–H and O–H groups in total. The van der Waals surface area contributed by atoms with Crippen LogP contribution in [0.1, 0.15) is 91.6 Å². The van der Waals surface area contributed by atoms with Crippen LogP contribution < -0.4 is 0 Å². The molecule has 1 heterocycles. The van der Waals surface area contributed by atoms with Crippen LogP contribution in [0.5, 0.6) is 0 Å². The van der Waals surface area contributed by atoms with Crippen LogP contribution in [0.3, 0.4) is 0 Å². The second-order valence-electron chi connectivity index (χ2n) is 6.17. The molecule has 118 valence electrons.